The molecule has 0 saturated carbocycles. The number of aromatic amines is 1. The monoisotopic (exact) mass is 354 g/mol. The third-order valence-corrected chi connectivity index (χ3v) is 4.53. The summed E-state index contributed by atoms with van der Waals surface area (Å²) < 4.78 is 0. The Balaban J connectivity index is 1.76. The second kappa shape index (κ2) is 8.55. The molecule has 2 aromatic heterocycles. The van der Waals surface area contributed by atoms with Crippen LogP contribution in [0.25, 0.3) is 11.2 Å². The highest BCUT2D eigenvalue weighted by molar-refractivity contribution is 7.99. The van der Waals surface area contributed by atoms with E-state index in [9.17, 15) is 4.79 Å². The normalized spacial score (nSPS) is 12.7. The lowest BCUT2D eigenvalue weighted by Gasteiger charge is -2.14. The fourth-order valence-corrected chi connectivity index (χ4v) is 3.12. The first kappa shape index (κ1) is 18.1. The minimum Gasteiger partial charge on any atom is -0.353 e. The van der Waals surface area contributed by atoms with Crippen LogP contribution in [0, 0.1) is 5.92 Å². The molecular weight excluding hydrogens is 332 g/mol. The predicted octanol–water partition coefficient (Wildman–Crippen LogP) is 4.03. The van der Waals surface area contributed by atoms with Crippen LogP contribution in [-0.2, 0) is 4.79 Å². The number of rotatable bonds is 8. The molecule has 0 aliphatic carbocycles. The Morgan fingerprint density at radius 2 is 2.17 bits per heavy atom. The van der Waals surface area contributed by atoms with Gasteiger partial charge < -0.3 is 10.3 Å². The van der Waals surface area contributed by atoms with E-state index >= 15 is 0 Å². The summed E-state index contributed by atoms with van der Waals surface area (Å²) in [6.45, 7) is 6.49. The lowest BCUT2D eigenvalue weighted by molar-refractivity contribution is -0.119. The molecule has 0 unspecified atom stereocenters. The van der Waals surface area contributed by atoms with E-state index in [0.29, 0.717) is 27.5 Å². The maximum atomic E-state index is 12.0. The van der Waals surface area contributed by atoms with Crippen molar-refractivity contribution >= 4 is 40.4 Å². The van der Waals surface area contributed by atoms with Gasteiger partial charge in [-0.25, -0.2) is 9.97 Å². The molecule has 2 aromatic rings. The Labute approximate surface area is 146 Å². The lowest BCUT2D eigenvalue weighted by atomic mass is 10.0. The fraction of sp³-hybridized carbons (Fsp3) is 0.562. The van der Waals surface area contributed by atoms with Crippen molar-refractivity contribution < 1.29 is 4.79 Å². The molecule has 126 valence electrons. The molecule has 0 bridgehead atoms. The summed E-state index contributed by atoms with van der Waals surface area (Å²) in [5.74, 6) is 1.07. The Morgan fingerprint density at radius 1 is 1.39 bits per heavy atom. The average Bonchev–Trinajstić information content (AvgIpc) is 2.86. The van der Waals surface area contributed by atoms with Crippen molar-refractivity contribution in [2.24, 2.45) is 5.92 Å². The van der Waals surface area contributed by atoms with Gasteiger partial charge in [-0.3, -0.25) is 4.79 Å². The van der Waals surface area contributed by atoms with E-state index in [1.54, 1.807) is 12.3 Å². The van der Waals surface area contributed by atoms with Crippen molar-refractivity contribution in [2.75, 3.05) is 5.75 Å². The topological polar surface area (TPSA) is 70.7 Å². The number of H-pyrrole nitrogens is 1. The molecule has 0 radical (unpaired) electrons. The number of nitrogens with zero attached hydrogens (tertiary/aromatic N) is 2. The van der Waals surface area contributed by atoms with Crippen LogP contribution in [0.5, 0.6) is 0 Å². The van der Waals surface area contributed by atoms with E-state index in [1.165, 1.54) is 18.2 Å². The summed E-state index contributed by atoms with van der Waals surface area (Å²) in [7, 11) is 0. The van der Waals surface area contributed by atoms with Crippen LogP contribution in [-0.4, -0.2) is 32.7 Å². The van der Waals surface area contributed by atoms with E-state index in [-0.39, 0.29) is 11.9 Å². The van der Waals surface area contributed by atoms with Crippen molar-refractivity contribution in [1.82, 2.24) is 20.3 Å². The molecule has 5 nitrogen and oxygen atoms in total. The van der Waals surface area contributed by atoms with Gasteiger partial charge in [0.05, 0.1) is 16.3 Å². The van der Waals surface area contributed by atoms with Gasteiger partial charge in [-0.15, -0.1) is 0 Å². The zero-order valence-electron chi connectivity index (χ0n) is 13.7. The van der Waals surface area contributed by atoms with Gasteiger partial charge >= 0.3 is 0 Å². The number of halogens is 1. The van der Waals surface area contributed by atoms with E-state index in [0.717, 1.165) is 18.4 Å². The molecule has 23 heavy (non-hydrogen) atoms. The van der Waals surface area contributed by atoms with Crippen LogP contribution >= 0.6 is 23.4 Å². The number of fused-ring (bicyclic) bond motifs is 1. The molecule has 1 atom stereocenters. The second-order valence-electron chi connectivity index (χ2n) is 6.15. The number of hydrogen-bond donors (Lipinski definition) is 2. The Hall–Kier alpha value is -1.27. The highest BCUT2D eigenvalue weighted by Crippen LogP contribution is 2.20. The number of imidazole rings is 1. The largest absolute Gasteiger partial charge is 0.353 e. The SMILES string of the molecule is CC(C)CCC[C@H](C)NC(=O)CSc1nc2ncc(Cl)cc2[nH]1. The van der Waals surface area contributed by atoms with Gasteiger partial charge in [-0.05, 0) is 25.3 Å². The quantitative estimate of drug-likeness (QED) is 0.702. The van der Waals surface area contributed by atoms with E-state index in [1.807, 2.05) is 0 Å². The molecule has 2 rings (SSSR count). The molecule has 0 saturated heterocycles. The molecule has 0 aliphatic heterocycles. The maximum absolute atomic E-state index is 12.0. The average molecular weight is 355 g/mol. The number of carbonyl (C=O) groups excluding carboxylic acids is 1. The van der Waals surface area contributed by atoms with Crippen molar-refractivity contribution in [3.05, 3.63) is 17.3 Å². The fourth-order valence-electron chi connectivity index (χ4n) is 2.28. The molecule has 0 aliphatic rings. The minimum absolute atomic E-state index is 0.0264. The molecule has 2 N–H and O–H groups in total. The van der Waals surface area contributed by atoms with Gasteiger partial charge in [-0.1, -0.05) is 50.1 Å². The second-order valence-corrected chi connectivity index (χ2v) is 7.55. The van der Waals surface area contributed by atoms with Gasteiger partial charge in [0.15, 0.2) is 10.8 Å². The van der Waals surface area contributed by atoms with Crippen LogP contribution in [0.3, 0.4) is 0 Å². The van der Waals surface area contributed by atoms with Crippen LogP contribution in [0.2, 0.25) is 5.02 Å². The van der Waals surface area contributed by atoms with E-state index < -0.39 is 0 Å². The molecule has 7 heteroatoms. The van der Waals surface area contributed by atoms with Crippen molar-refractivity contribution in [3.8, 4) is 0 Å². The Bertz CT molecular complexity index is 659. The molecular formula is C16H23ClN4OS. The Kier molecular flexibility index (Phi) is 6.72. The van der Waals surface area contributed by atoms with Gasteiger partial charge in [0.2, 0.25) is 5.91 Å². The molecule has 0 spiro atoms. The van der Waals surface area contributed by atoms with Crippen molar-refractivity contribution in [3.63, 3.8) is 0 Å². The summed E-state index contributed by atoms with van der Waals surface area (Å²) >= 11 is 7.26. The van der Waals surface area contributed by atoms with E-state index in [4.69, 9.17) is 11.6 Å². The van der Waals surface area contributed by atoms with Crippen molar-refractivity contribution in [2.45, 2.75) is 51.2 Å². The zero-order chi connectivity index (χ0) is 16.8. The van der Waals surface area contributed by atoms with Crippen LogP contribution in [0.1, 0.15) is 40.0 Å². The molecule has 0 fully saturated rings. The third kappa shape index (κ3) is 6.03. The summed E-state index contributed by atoms with van der Waals surface area (Å²) in [5.41, 5.74) is 1.39. The van der Waals surface area contributed by atoms with Crippen LogP contribution in [0.4, 0.5) is 0 Å². The number of hydrogen-bond acceptors (Lipinski definition) is 4. The third-order valence-electron chi connectivity index (χ3n) is 3.45. The highest BCUT2D eigenvalue weighted by atomic mass is 35.5. The van der Waals surface area contributed by atoms with Crippen LogP contribution in [0.15, 0.2) is 17.4 Å². The van der Waals surface area contributed by atoms with Crippen LogP contribution < -0.4 is 5.32 Å². The molecule has 2 heterocycles. The summed E-state index contributed by atoms with van der Waals surface area (Å²) in [5, 5.41) is 4.27. The molecule has 0 aromatic carbocycles. The van der Waals surface area contributed by atoms with Crippen molar-refractivity contribution in [1.29, 1.82) is 0 Å². The maximum Gasteiger partial charge on any atom is 0.230 e. The summed E-state index contributed by atoms with van der Waals surface area (Å²) in [6, 6.07) is 1.98. The van der Waals surface area contributed by atoms with Gasteiger partial charge in [0, 0.05) is 12.2 Å². The van der Waals surface area contributed by atoms with E-state index in [2.05, 4.69) is 41.0 Å². The first-order valence-corrected chi connectivity index (χ1v) is 9.24. The number of pyridine rings is 1. The lowest BCUT2D eigenvalue weighted by Crippen LogP contribution is -2.33. The van der Waals surface area contributed by atoms with Gasteiger partial charge in [-0.2, -0.15) is 0 Å². The minimum atomic E-state index is 0.0264. The first-order chi connectivity index (χ1) is 10.9. The summed E-state index contributed by atoms with van der Waals surface area (Å²) in [6.07, 6.45) is 4.91. The molecule has 1 amide bonds. The van der Waals surface area contributed by atoms with Gasteiger partial charge in [0.1, 0.15) is 0 Å². The number of aromatic nitrogens is 3. The number of nitrogens with one attached hydrogen (secondary N) is 2. The smallest absolute Gasteiger partial charge is 0.230 e. The summed E-state index contributed by atoms with van der Waals surface area (Å²) in [4.78, 5) is 23.6. The Morgan fingerprint density at radius 3 is 2.91 bits per heavy atom. The highest BCUT2D eigenvalue weighted by Gasteiger charge is 2.10. The zero-order valence-corrected chi connectivity index (χ0v) is 15.3. The number of carbonyl (C=O) groups is 1. The van der Waals surface area contributed by atoms with Gasteiger partial charge in [0.25, 0.3) is 0 Å². The first-order valence-electron chi connectivity index (χ1n) is 7.87. The number of thioether (sulfide) groups is 1. The predicted molar refractivity (Wildman–Crippen MR) is 95.9 cm³/mol. The number of amides is 1. The standard InChI is InChI=1S/C16H23ClN4OS/c1-10(2)5-4-6-11(3)19-14(22)9-23-16-20-13-7-12(17)8-18-15(13)21-16/h7-8,10-11H,4-6,9H2,1-3H3,(H,19,22)(H,18,20,21)/t11-/m0/s1.